The second kappa shape index (κ2) is 5.46. The van der Waals surface area contributed by atoms with Crippen molar-refractivity contribution in [3.05, 3.63) is 38.4 Å². The van der Waals surface area contributed by atoms with Crippen LogP contribution in [0.3, 0.4) is 0 Å². The molecular formula is C12H14ClN3O3. The van der Waals surface area contributed by atoms with Crippen molar-refractivity contribution in [1.82, 2.24) is 9.97 Å². The smallest absolute Gasteiger partial charge is 0.314 e. The van der Waals surface area contributed by atoms with Gasteiger partial charge in [0.05, 0.1) is 23.0 Å². The highest BCUT2D eigenvalue weighted by Gasteiger charge is 2.06. The molecule has 0 fully saturated rings. The van der Waals surface area contributed by atoms with Crippen LogP contribution in [0.15, 0.2) is 21.7 Å². The van der Waals surface area contributed by atoms with Crippen LogP contribution in [0.5, 0.6) is 0 Å². The first kappa shape index (κ1) is 13.6. The first-order valence-corrected chi connectivity index (χ1v) is 6.29. The van der Waals surface area contributed by atoms with Gasteiger partial charge < -0.3 is 20.4 Å². The molecule has 0 aliphatic carbocycles. The molecule has 0 saturated carbocycles. The van der Waals surface area contributed by atoms with Gasteiger partial charge in [-0.15, -0.1) is 11.6 Å². The number of aliphatic hydroxyl groups is 1. The van der Waals surface area contributed by atoms with Crippen LogP contribution in [0, 0.1) is 6.92 Å². The van der Waals surface area contributed by atoms with Gasteiger partial charge in [0.25, 0.3) is 0 Å². The van der Waals surface area contributed by atoms with Crippen molar-refractivity contribution in [3.63, 3.8) is 0 Å². The van der Waals surface area contributed by atoms with Crippen molar-refractivity contribution < 1.29 is 5.11 Å². The number of alkyl halides is 1. The van der Waals surface area contributed by atoms with Gasteiger partial charge in [-0.3, -0.25) is 9.59 Å². The summed E-state index contributed by atoms with van der Waals surface area (Å²) < 4.78 is 0. The van der Waals surface area contributed by atoms with E-state index >= 15 is 0 Å². The molecule has 19 heavy (non-hydrogen) atoms. The molecule has 102 valence electrons. The number of aliphatic hydroxyl groups excluding tert-OH is 1. The third-order valence-electron chi connectivity index (χ3n) is 2.77. The van der Waals surface area contributed by atoms with E-state index in [1.807, 2.05) is 6.92 Å². The predicted octanol–water partition coefficient (Wildman–Crippen LogP) is 0.536. The number of benzene rings is 1. The lowest BCUT2D eigenvalue weighted by molar-refractivity contribution is 0.211. The van der Waals surface area contributed by atoms with Gasteiger partial charge >= 0.3 is 11.1 Å². The fourth-order valence-corrected chi connectivity index (χ4v) is 1.85. The Morgan fingerprint density at radius 3 is 2.42 bits per heavy atom. The number of hydrogen-bond donors (Lipinski definition) is 4. The number of aromatic nitrogens is 2. The first-order chi connectivity index (χ1) is 9.01. The minimum atomic E-state index is -0.692. The van der Waals surface area contributed by atoms with Gasteiger partial charge in [-0.25, -0.2) is 0 Å². The van der Waals surface area contributed by atoms with Gasteiger partial charge in [-0.2, -0.15) is 0 Å². The molecule has 0 radical (unpaired) electrons. The van der Waals surface area contributed by atoms with Gasteiger partial charge in [-0.05, 0) is 24.6 Å². The van der Waals surface area contributed by atoms with Crippen LogP contribution in [0.4, 0.5) is 5.69 Å². The fourth-order valence-electron chi connectivity index (χ4n) is 1.75. The molecule has 0 spiro atoms. The largest absolute Gasteiger partial charge is 0.390 e. The van der Waals surface area contributed by atoms with Crippen molar-refractivity contribution in [2.75, 3.05) is 17.7 Å². The van der Waals surface area contributed by atoms with E-state index in [2.05, 4.69) is 15.3 Å². The molecule has 0 aliphatic rings. The lowest BCUT2D eigenvalue weighted by Crippen LogP contribution is -2.29. The Kier molecular flexibility index (Phi) is 3.92. The first-order valence-electron chi connectivity index (χ1n) is 5.76. The number of rotatable bonds is 4. The quantitative estimate of drug-likeness (QED) is 0.486. The number of anilines is 1. The van der Waals surface area contributed by atoms with E-state index in [-0.39, 0.29) is 5.88 Å². The van der Waals surface area contributed by atoms with Crippen molar-refractivity contribution in [2.24, 2.45) is 0 Å². The zero-order chi connectivity index (χ0) is 14.0. The number of aromatic amines is 2. The number of H-pyrrole nitrogens is 2. The summed E-state index contributed by atoms with van der Waals surface area (Å²) in [5, 5.41) is 12.4. The second-order valence-corrected chi connectivity index (χ2v) is 4.62. The minimum absolute atomic E-state index is 0.143. The summed E-state index contributed by atoms with van der Waals surface area (Å²) in [7, 11) is 0. The lowest BCUT2D eigenvalue weighted by Gasteiger charge is -2.13. The summed E-state index contributed by atoms with van der Waals surface area (Å²) in [6.07, 6.45) is -0.647. The minimum Gasteiger partial charge on any atom is -0.390 e. The summed E-state index contributed by atoms with van der Waals surface area (Å²) in [5.74, 6) is 0.143. The van der Waals surface area contributed by atoms with E-state index in [0.29, 0.717) is 17.6 Å². The summed E-state index contributed by atoms with van der Waals surface area (Å²) in [6, 6.07) is 3.46. The maximum absolute atomic E-state index is 11.3. The van der Waals surface area contributed by atoms with Gasteiger partial charge in [0.2, 0.25) is 0 Å². The molecule has 1 atom stereocenters. The summed E-state index contributed by atoms with van der Waals surface area (Å²) in [5.41, 5.74) is 1.37. The van der Waals surface area contributed by atoms with E-state index in [1.165, 1.54) is 0 Å². The average molecular weight is 284 g/mol. The van der Waals surface area contributed by atoms with Crippen molar-refractivity contribution in [1.29, 1.82) is 0 Å². The van der Waals surface area contributed by atoms with Crippen LogP contribution in [0.25, 0.3) is 11.0 Å². The maximum atomic E-state index is 11.3. The predicted molar refractivity (Wildman–Crippen MR) is 75.1 cm³/mol. The zero-order valence-electron chi connectivity index (χ0n) is 10.3. The lowest BCUT2D eigenvalue weighted by atomic mass is 10.1. The van der Waals surface area contributed by atoms with Gasteiger partial charge in [0, 0.05) is 12.2 Å². The molecule has 0 saturated heterocycles. The molecule has 6 nitrogen and oxygen atoms in total. The van der Waals surface area contributed by atoms with Crippen LogP contribution in [0.2, 0.25) is 0 Å². The Morgan fingerprint density at radius 1 is 1.26 bits per heavy atom. The van der Waals surface area contributed by atoms with Crippen molar-refractivity contribution in [3.8, 4) is 0 Å². The molecule has 7 heteroatoms. The molecule has 0 bridgehead atoms. The average Bonchev–Trinajstić information content (AvgIpc) is 2.38. The Hall–Kier alpha value is -1.79. The molecule has 1 aromatic heterocycles. The molecule has 1 unspecified atom stereocenters. The number of nitrogens with one attached hydrogen (secondary N) is 3. The third-order valence-corrected chi connectivity index (χ3v) is 3.13. The molecule has 1 heterocycles. The summed E-state index contributed by atoms with van der Waals surface area (Å²) >= 11 is 5.51. The summed E-state index contributed by atoms with van der Waals surface area (Å²) in [4.78, 5) is 27.5. The van der Waals surface area contributed by atoms with Crippen LogP contribution in [0.1, 0.15) is 5.56 Å². The van der Waals surface area contributed by atoms with Crippen LogP contribution in [-0.2, 0) is 0 Å². The van der Waals surface area contributed by atoms with Crippen molar-refractivity contribution in [2.45, 2.75) is 13.0 Å². The number of hydrogen-bond acceptors (Lipinski definition) is 4. The SMILES string of the molecule is Cc1cc2[nH]c(=O)c(=O)[nH]c2cc1NCC(O)CCl. The van der Waals surface area contributed by atoms with E-state index in [1.54, 1.807) is 12.1 Å². The maximum Gasteiger partial charge on any atom is 0.314 e. The highest BCUT2D eigenvalue weighted by atomic mass is 35.5. The Labute approximate surface area is 113 Å². The van der Waals surface area contributed by atoms with Crippen molar-refractivity contribution >= 4 is 28.3 Å². The topological polar surface area (TPSA) is 98.0 Å². The van der Waals surface area contributed by atoms with Crippen LogP contribution >= 0.6 is 11.6 Å². The Morgan fingerprint density at radius 2 is 1.84 bits per heavy atom. The highest BCUT2D eigenvalue weighted by molar-refractivity contribution is 6.18. The fraction of sp³-hybridized carbons (Fsp3) is 0.333. The van der Waals surface area contributed by atoms with Crippen LogP contribution in [-0.4, -0.2) is 33.6 Å². The third kappa shape index (κ3) is 2.97. The normalized spacial score (nSPS) is 12.6. The zero-order valence-corrected chi connectivity index (χ0v) is 11.0. The molecular weight excluding hydrogens is 270 g/mol. The van der Waals surface area contributed by atoms with Gasteiger partial charge in [0.15, 0.2) is 0 Å². The molecule has 0 aliphatic heterocycles. The van der Waals surface area contributed by atoms with Crippen LogP contribution < -0.4 is 16.4 Å². The van der Waals surface area contributed by atoms with E-state index < -0.39 is 17.2 Å². The Balaban J connectivity index is 2.40. The van der Waals surface area contributed by atoms with E-state index in [4.69, 9.17) is 11.6 Å². The number of aryl methyl sites for hydroxylation is 1. The second-order valence-electron chi connectivity index (χ2n) is 4.31. The molecule has 1 aromatic carbocycles. The molecule has 4 N–H and O–H groups in total. The van der Waals surface area contributed by atoms with E-state index in [9.17, 15) is 14.7 Å². The molecule has 2 aromatic rings. The summed E-state index contributed by atoms with van der Waals surface area (Å²) in [6.45, 7) is 2.17. The highest BCUT2D eigenvalue weighted by Crippen LogP contribution is 2.19. The van der Waals surface area contributed by atoms with E-state index in [0.717, 1.165) is 11.3 Å². The van der Waals surface area contributed by atoms with Gasteiger partial charge in [0.1, 0.15) is 0 Å². The monoisotopic (exact) mass is 283 g/mol. The number of halogens is 1. The number of fused-ring (bicyclic) bond motifs is 1. The van der Waals surface area contributed by atoms with Gasteiger partial charge in [-0.1, -0.05) is 0 Å². The molecule has 0 amide bonds. The Bertz CT molecular complexity index is 707. The molecule has 2 rings (SSSR count). The standard InChI is InChI=1S/C12H14ClN3O3/c1-6-2-9-10(16-12(19)11(18)15-9)3-8(6)14-5-7(17)4-13/h2-3,7,14,17H,4-5H2,1H3,(H,15,18)(H,16,19).